The SMILES string of the molecule is Cn1ccc(-n2nc(C(F)(F)F)c(C3=CCOCC3)c2N)n1. The molecule has 0 unspecified atom stereocenters. The maximum absolute atomic E-state index is 13.3. The second kappa shape index (κ2) is 5.16. The van der Waals surface area contributed by atoms with Crippen molar-refractivity contribution in [1.29, 1.82) is 0 Å². The molecule has 0 aromatic carbocycles. The smallest absolute Gasteiger partial charge is 0.383 e. The maximum Gasteiger partial charge on any atom is 0.435 e. The lowest BCUT2D eigenvalue weighted by molar-refractivity contribution is -0.141. The first-order valence-electron chi connectivity index (χ1n) is 6.61. The number of alkyl halides is 3. The van der Waals surface area contributed by atoms with Crippen molar-refractivity contribution in [2.45, 2.75) is 12.6 Å². The molecule has 2 N–H and O–H groups in total. The third kappa shape index (κ3) is 2.47. The highest BCUT2D eigenvalue weighted by molar-refractivity contribution is 5.77. The van der Waals surface area contributed by atoms with E-state index in [2.05, 4.69) is 10.2 Å². The molecule has 0 radical (unpaired) electrons. The third-order valence-electron chi connectivity index (χ3n) is 3.39. The number of aromatic nitrogens is 4. The van der Waals surface area contributed by atoms with Gasteiger partial charge in [0.2, 0.25) is 0 Å². The third-order valence-corrected chi connectivity index (χ3v) is 3.39. The summed E-state index contributed by atoms with van der Waals surface area (Å²) in [6.07, 6.45) is -1.02. The number of ether oxygens (including phenoxy) is 1. The fourth-order valence-electron chi connectivity index (χ4n) is 2.39. The number of hydrogen-bond donors (Lipinski definition) is 1. The minimum Gasteiger partial charge on any atom is -0.383 e. The summed E-state index contributed by atoms with van der Waals surface area (Å²) in [6.45, 7) is 0.623. The molecule has 118 valence electrons. The number of nitrogen functional groups attached to an aromatic ring is 1. The molecular formula is C13H14F3N5O. The van der Waals surface area contributed by atoms with Gasteiger partial charge in [0.25, 0.3) is 0 Å². The lowest BCUT2D eigenvalue weighted by atomic mass is 10.0. The quantitative estimate of drug-likeness (QED) is 0.920. The minimum atomic E-state index is -4.59. The van der Waals surface area contributed by atoms with E-state index in [0.29, 0.717) is 18.6 Å². The van der Waals surface area contributed by atoms with Crippen molar-refractivity contribution in [3.8, 4) is 5.82 Å². The monoisotopic (exact) mass is 313 g/mol. The summed E-state index contributed by atoms with van der Waals surface area (Å²) in [5, 5.41) is 7.70. The highest BCUT2D eigenvalue weighted by Gasteiger charge is 2.40. The Labute approximate surface area is 124 Å². The van der Waals surface area contributed by atoms with E-state index in [9.17, 15) is 13.2 Å². The fraction of sp³-hybridized carbons (Fsp3) is 0.385. The number of hydrogen-bond acceptors (Lipinski definition) is 4. The van der Waals surface area contributed by atoms with Crippen LogP contribution in [-0.4, -0.2) is 32.8 Å². The average Bonchev–Trinajstić information content (AvgIpc) is 3.03. The Hall–Kier alpha value is -2.29. The predicted molar refractivity (Wildman–Crippen MR) is 73.2 cm³/mol. The Morgan fingerprint density at radius 3 is 2.64 bits per heavy atom. The van der Waals surface area contributed by atoms with Gasteiger partial charge in [-0.2, -0.15) is 28.1 Å². The van der Waals surface area contributed by atoms with Gasteiger partial charge in [-0.3, -0.25) is 4.68 Å². The van der Waals surface area contributed by atoms with Gasteiger partial charge in [-0.25, -0.2) is 0 Å². The van der Waals surface area contributed by atoms with Crippen LogP contribution in [0.3, 0.4) is 0 Å². The van der Waals surface area contributed by atoms with E-state index in [1.165, 1.54) is 4.68 Å². The highest BCUT2D eigenvalue weighted by atomic mass is 19.4. The maximum atomic E-state index is 13.3. The first-order chi connectivity index (χ1) is 10.4. The van der Waals surface area contributed by atoms with E-state index in [4.69, 9.17) is 10.5 Å². The zero-order valence-corrected chi connectivity index (χ0v) is 11.8. The van der Waals surface area contributed by atoms with Gasteiger partial charge in [0.15, 0.2) is 11.5 Å². The largest absolute Gasteiger partial charge is 0.435 e. The fourth-order valence-corrected chi connectivity index (χ4v) is 2.39. The zero-order valence-electron chi connectivity index (χ0n) is 11.8. The molecule has 0 aliphatic carbocycles. The van der Waals surface area contributed by atoms with Crippen LogP contribution in [0.1, 0.15) is 17.7 Å². The lowest BCUT2D eigenvalue weighted by Crippen LogP contribution is -2.12. The normalized spacial score (nSPS) is 15.9. The van der Waals surface area contributed by atoms with Crippen molar-refractivity contribution >= 4 is 11.4 Å². The minimum absolute atomic E-state index is 0.0702. The number of nitrogens with zero attached hydrogens (tertiary/aromatic N) is 4. The van der Waals surface area contributed by atoms with E-state index in [-0.39, 0.29) is 23.8 Å². The van der Waals surface area contributed by atoms with E-state index < -0.39 is 11.9 Å². The molecule has 9 heteroatoms. The molecule has 0 spiro atoms. The van der Waals surface area contributed by atoms with Crippen molar-refractivity contribution in [2.24, 2.45) is 7.05 Å². The Bertz CT molecular complexity index is 729. The van der Waals surface area contributed by atoms with Gasteiger partial charge < -0.3 is 10.5 Å². The first-order valence-corrected chi connectivity index (χ1v) is 6.61. The molecule has 0 fully saturated rings. The standard InChI is InChI=1S/C13H14F3N5O/c1-20-5-2-9(18-20)21-12(17)10(8-3-6-22-7-4-8)11(19-21)13(14,15)16/h2-3,5H,4,6-7,17H2,1H3. The van der Waals surface area contributed by atoms with Gasteiger partial charge in [0, 0.05) is 19.3 Å². The second-order valence-electron chi connectivity index (χ2n) is 4.92. The zero-order chi connectivity index (χ0) is 15.9. The number of halogens is 3. The van der Waals surface area contributed by atoms with Crippen LogP contribution in [0.2, 0.25) is 0 Å². The van der Waals surface area contributed by atoms with Crippen LogP contribution >= 0.6 is 0 Å². The average molecular weight is 313 g/mol. The molecule has 0 saturated heterocycles. The second-order valence-corrected chi connectivity index (χ2v) is 4.92. The Balaban J connectivity index is 2.18. The van der Waals surface area contributed by atoms with Crippen molar-refractivity contribution in [2.75, 3.05) is 18.9 Å². The summed E-state index contributed by atoms with van der Waals surface area (Å²) in [5.41, 5.74) is 5.36. The van der Waals surface area contributed by atoms with Gasteiger partial charge in [0.1, 0.15) is 5.82 Å². The molecule has 0 saturated carbocycles. The van der Waals surface area contributed by atoms with Crippen molar-refractivity contribution in [1.82, 2.24) is 19.6 Å². The predicted octanol–water partition coefficient (Wildman–Crippen LogP) is 2.01. The Morgan fingerprint density at radius 2 is 2.09 bits per heavy atom. The van der Waals surface area contributed by atoms with Gasteiger partial charge >= 0.3 is 6.18 Å². The van der Waals surface area contributed by atoms with Crippen molar-refractivity contribution in [3.63, 3.8) is 0 Å². The van der Waals surface area contributed by atoms with Crippen molar-refractivity contribution in [3.05, 3.63) is 29.6 Å². The highest BCUT2D eigenvalue weighted by Crippen LogP contribution is 2.39. The van der Waals surface area contributed by atoms with E-state index >= 15 is 0 Å². The number of aryl methyl sites for hydroxylation is 1. The van der Waals surface area contributed by atoms with Crippen LogP contribution in [0, 0.1) is 0 Å². The van der Waals surface area contributed by atoms with Crippen LogP contribution in [0.4, 0.5) is 19.0 Å². The summed E-state index contributed by atoms with van der Waals surface area (Å²) in [4.78, 5) is 0. The molecule has 1 aliphatic heterocycles. The number of nitrogens with two attached hydrogens (primary N) is 1. The Morgan fingerprint density at radius 1 is 1.32 bits per heavy atom. The van der Waals surface area contributed by atoms with Gasteiger partial charge in [-0.15, -0.1) is 0 Å². The molecule has 0 amide bonds. The molecule has 3 rings (SSSR count). The molecule has 0 bridgehead atoms. The molecule has 2 aromatic heterocycles. The van der Waals surface area contributed by atoms with Gasteiger partial charge in [-0.1, -0.05) is 6.08 Å². The summed E-state index contributed by atoms with van der Waals surface area (Å²) < 4.78 is 47.5. The van der Waals surface area contributed by atoms with Crippen molar-refractivity contribution < 1.29 is 17.9 Å². The molecule has 1 aliphatic rings. The Kier molecular flexibility index (Phi) is 3.44. The molecule has 6 nitrogen and oxygen atoms in total. The van der Waals surface area contributed by atoms with E-state index in [1.54, 1.807) is 25.4 Å². The number of rotatable bonds is 2. The van der Waals surface area contributed by atoms with Crippen LogP contribution in [0.5, 0.6) is 0 Å². The summed E-state index contributed by atoms with van der Waals surface area (Å²) >= 11 is 0. The summed E-state index contributed by atoms with van der Waals surface area (Å²) in [6, 6.07) is 1.55. The summed E-state index contributed by atoms with van der Waals surface area (Å²) in [7, 11) is 1.66. The van der Waals surface area contributed by atoms with Gasteiger partial charge in [0.05, 0.1) is 18.8 Å². The molecular weight excluding hydrogens is 299 g/mol. The molecule has 22 heavy (non-hydrogen) atoms. The topological polar surface area (TPSA) is 70.9 Å². The van der Waals surface area contributed by atoms with Crippen LogP contribution in [-0.2, 0) is 18.0 Å². The lowest BCUT2D eigenvalue weighted by Gasteiger charge is -2.15. The van der Waals surface area contributed by atoms with Crippen LogP contribution < -0.4 is 5.73 Å². The van der Waals surface area contributed by atoms with Crippen LogP contribution in [0.15, 0.2) is 18.3 Å². The van der Waals surface area contributed by atoms with Crippen LogP contribution in [0.25, 0.3) is 11.4 Å². The molecule has 3 heterocycles. The molecule has 2 aromatic rings. The molecule has 0 atom stereocenters. The summed E-state index contributed by atoms with van der Waals surface area (Å²) in [5.74, 6) is 0.170. The van der Waals surface area contributed by atoms with E-state index in [0.717, 1.165) is 4.68 Å². The van der Waals surface area contributed by atoms with Gasteiger partial charge in [-0.05, 0) is 12.0 Å². The van der Waals surface area contributed by atoms with E-state index in [1.807, 2.05) is 0 Å². The first kappa shape index (κ1) is 14.6. The number of anilines is 1.